The van der Waals surface area contributed by atoms with Crippen LogP contribution in [-0.2, 0) is 0 Å². The number of carbonyl (C=O) groups is 1. The fraction of sp³-hybridized carbons (Fsp3) is 0.357. The lowest BCUT2D eigenvalue weighted by atomic mass is 10.1. The highest BCUT2D eigenvalue weighted by molar-refractivity contribution is 5.90. The van der Waals surface area contributed by atoms with Gasteiger partial charge in [0.15, 0.2) is 0 Å². The molecule has 0 radical (unpaired) electrons. The second kappa shape index (κ2) is 5.05. The maximum atomic E-state index is 11.9. The van der Waals surface area contributed by atoms with Gasteiger partial charge in [-0.3, -0.25) is 4.79 Å². The lowest BCUT2D eigenvalue weighted by Gasteiger charge is -2.11. The molecule has 0 spiro atoms. The number of aliphatic hydroxyl groups excluding tert-OH is 1. The monoisotopic (exact) mass is 272 g/mol. The molecule has 1 heterocycles. The third kappa shape index (κ3) is 2.55. The quantitative estimate of drug-likeness (QED) is 0.842. The molecule has 1 fully saturated rings. The normalized spacial score (nSPS) is 15.8. The van der Waals surface area contributed by atoms with Gasteiger partial charge in [0.25, 0.3) is 5.91 Å². The number of aromatic nitrogens is 3. The average molecular weight is 272 g/mol. The first-order valence-corrected chi connectivity index (χ1v) is 6.59. The molecule has 1 saturated carbocycles. The van der Waals surface area contributed by atoms with Crippen LogP contribution in [0, 0.1) is 5.41 Å². The first-order valence-electron chi connectivity index (χ1n) is 6.59. The Morgan fingerprint density at radius 1 is 1.35 bits per heavy atom. The summed E-state index contributed by atoms with van der Waals surface area (Å²) in [5, 5.41) is 16.1. The average Bonchev–Trinajstić information content (AvgIpc) is 3.12. The Bertz CT molecular complexity index is 605. The van der Waals surface area contributed by atoms with Crippen LogP contribution < -0.4 is 5.32 Å². The first-order chi connectivity index (χ1) is 9.72. The van der Waals surface area contributed by atoms with Crippen LogP contribution in [0.4, 0.5) is 0 Å². The highest BCUT2D eigenvalue weighted by Crippen LogP contribution is 2.44. The van der Waals surface area contributed by atoms with E-state index in [2.05, 4.69) is 15.4 Å². The molecule has 0 aliphatic heterocycles. The maximum Gasteiger partial charge on any atom is 0.290 e. The van der Waals surface area contributed by atoms with Gasteiger partial charge in [0, 0.05) is 12.0 Å². The number of nitrogens with zero attached hydrogens (tertiary/aromatic N) is 3. The van der Waals surface area contributed by atoms with Crippen molar-refractivity contribution in [2.45, 2.75) is 12.8 Å². The molecule has 1 aromatic carbocycles. The summed E-state index contributed by atoms with van der Waals surface area (Å²) in [5.74, 6) is -0.165. The molecule has 1 amide bonds. The van der Waals surface area contributed by atoms with Crippen molar-refractivity contribution in [1.29, 1.82) is 0 Å². The molecule has 20 heavy (non-hydrogen) atoms. The van der Waals surface area contributed by atoms with Crippen LogP contribution in [0.15, 0.2) is 36.7 Å². The SMILES string of the molecule is O=C(NCC1(CO)CC1)c1ncn(-c2ccccc2)n1. The molecule has 1 aliphatic carbocycles. The summed E-state index contributed by atoms with van der Waals surface area (Å²) >= 11 is 0. The smallest absolute Gasteiger partial charge is 0.290 e. The van der Waals surface area contributed by atoms with Gasteiger partial charge < -0.3 is 10.4 Å². The Hall–Kier alpha value is -2.21. The van der Waals surface area contributed by atoms with Crippen molar-refractivity contribution in [2.75, 3.05) is 13.2 Å². The number of hydrogen-bond acceptors (Lipinski definition) is 4. The number of benzene rings is 1. The number of rotatable bonds is 5. The van der Waals surface area contributed by atoms with E-state index >= 15 is 0 Å². The molecule has 6 nitrogen and oxygen atoms in total. The van der Waals surface area contributed by atoms with E-state index in [0.717, 1.165) is 18.5 Å². The molecule has 0 saturated heterocycles. The van der Waals surface area contributed by atoms with Gasteiger partial charge >= 0.3 is 0 Å². The van der Waals surface area contributed by atoms with Crippen LogP contribution in [0.25, 0.3) is 5.69 Å². The molecule has 0 unspecified atom stereocenters. The van der Waals surface area contributed by atoms with Crippen LogP contribution in [0.3, 0.4) is 0 Å². The van der Waals surface area contributed by atoms with E-state index in [4.69, 9.17) is 0 Å². The lowest BCUT2D eigenvalue weighted by molar-refractivity contribution is 0.0925. The zero-order valence-electron chi connectivity index (χ0n) is 11.0. The fourth-order valence-electron chi connectivity index (χ4n) is 1.99. The first kappa shape index (κ1) is 12.8. The van der Waals surface area contributed by atoms with E-state index in [9.17, 15) is 9.90 Å². The molecule has 0 atom stereocenters. The van der Waals surface area contributed by atoms with Gasteiger partial charge in [-0.2, -0.15) is 0 Å². The van der Waals surface area contributed by atoms with Gasteiger partial charge in [-0.1, -0.05) is 18.2 Å². The highest BCUT2D eigenvalue weighted by Gasteiger charge is 2.42. The van der Waals surface area contributed by atoms with Gasteiger partial charge in [-0.15, -0.1) is 5.10 Å². The van der Waals surface area contributed by atoms with Crippen molar-refractivity contribution in [3.05, 3.63) is 42.5 Å². The number of carbonyl (C=O) groups excluding carboxylic acids is 1. The molecule has 0 bridgehead atoms. The van der Waals surface area contributed by atoms with Crippen LogP contribution in [0.2, 0.25) is 0 Å². The number of aliphatic hydroxyl groups is 1. The largest absolute Gasteiger partial charge is 0.396 e. The Kier molecular flexibility index (Phi) is 3.23. The summed E-state index contributed by atoms with van der Waals surface area (Å²) in [7, 11) is 0. The van der Waals surface area contributed by atoms with E-state index in [0.29, 0.717) is 6.54 Å². The van der Waals surface area contributed by atoms with Crippen molar-refractivity contribution in [3.8, 4) is 5.69 Å². The predicted molar refractivity (Wildman–Crippen MR) is 72.4 cm³/mol. The second-order valence-electron chi connectivity index (χ2n) is 5.19. The van der Waals surface area contributed by atoms with Gasteiger partial charge in [-0.25, -0.2) is 9.67 Å². The Morgan fingerprint density at radius 3 is 2.75 bits per heavy atom. The molecule has 2 aromatic rings. The molecule has 6 heteroatoms. The van der Waals surface area contributed by atoms with Gasteiger partial charge in [-0.05, 0) is 25.0 Å². The van der Waals surface area contributed by atoms with Crippen LogP contribution >= 0.6 is 0 Å². The van der Waals surface area contributed by atoms with Gasteiger partial charge in [0.1, 0.15) is 6.33 Å². The number of para-hydroxylation sites is 1. The van der Waals surface area contributed by atoms with E-state index in [1.165, 1.54) is 6.33 Å². The number of nitrogens with one attached hydrogen (secondary N) is 1. The minimum absolute atomic E-state index is 0.110. The highest BCUT2D eigenvalue weighted by atomic mass is 16.3. The van der Waals surface area contributed by atoms with E-state index < -0.39 is 0 Å². The predicted octanol–water partition coefficient (Wildman–Crippen LogP) is 0.770. The Morgan fingerprint density at radius 2 is 2.10 bits per heavy atom. The molecular formula is C14H16N4O2. The van der Waals surface area contributed by atoms with Crippen LogP contribution in [0.1, 0.15) is 23.5 Å². The van der Waals surface area contributed by atoms with Crippen molar-refractivity contribution in [3.63, 3.8) is 0 Å². The van der Waals surface area contributed by atoms with Crippen LogP contribution in [-0.4, -0.2) is 38.9 Å². The Balaban J connectivity index is 1.66. The molecule has 1 aromatic heterocycles. The molecule has 104 valence electrons. The van der Waals surface area contributed by atoms with Gasteiger partial charge in [0.05, 0.1) is 12.3 Å². The zero-order chi connectivity index (χ0) is 14.0. The van der Waals surface area contributed by atoms with Crippen molar-refractivity contribution in [2.24, 2.45) is 5.41 Å². The van der Waals surface area contributed by atoms with Crippen molar-refractivity contribution in [1.82, 2.24) is 20.1 Å². The van der Waals surface area contributed by atoms with E-state index in [1.54, 1.807) is 4.68 Å². The third-order valence-electron chi connectivity index (χ3n) is 3.63. The fourth-order valence-corrected chi connectivity index (χ4v) is 1.99. The van der Waals surface area contributed by atoms with Crippen molar-refractivity contribution >= 4 is 5.91 Å². The molecule has 2 N–H and O–H groups in total. The topological polar surface area (TPSA) is 80.0 Å². The third-order valence-corrected chi connectivity index (χ3v) is 3.63. The summed E-state index contributed by atoms with van der Waals surface area (Å²) < 4.78 is 1.56. The van der Waals surface area contributed by atoms with Crippen molar-refractivity contribution < 1.29 is 9.90 Å². The minimum Gasteiger partial charge on any atom is -0.396 e. The molecule has 1 aliphatic rings. The minimum atomic E-state index is -0.306. The summed E-state index contributed by atoms with van der Waals surface area (Å²) in [6.45, 7) is 0.585. The standard InChI is InChI=1S/C14H16N4O2/c19-9-14(6-7-14)8-15-13(20)12-16-10-18(17-12)11-4-2-1-3-5-11/h1-5,10,19H,6-9H2,(H,15,20). The summed E-state index contributed by atoms with van der Waals surface area (Å²) in [6, 6.07) is 9.49. The molecule has 3 rings (SSSR count). The number of hydrogen-bond donors (Lipinski definition) is 2. The summed E-state index contributed by atoms with van der Waals surface area (Å²) in [6.07, 6.45) is 3.43. The second-order valence-corrected chi connectivity index (χ2v) is 5.19. The lowest BCUT2D eigenvalue weighted by Crippen LogP contribution is -2.32. The van der Waals surface area contributed by atoms with E-state index in [1.807, 2.05) is 30.3 Å². The number of amides is 1. The van der Waals surface area contributed by atoms with E-state index in [-0.39, 0.29) is 23.8 Å². The Labute approximate surface area is 116 Å². The van der Waals surface area contributed by atoms with Gasteiger partial charge in [0.2, 0.25) is 5.82 Å². The maximum absolute atomic E-state index is 11.9. The molecular weight excluding hydrogens is 256 g/mol. The summed E-state index contributed by atoms with van der Waals surface area (Å²) in [5.41, 5.74) is 0.741. The zero-order valence-corrected chi connectivity index (χ0v) is 11.0. The summed E-state index contributed by atoms with van der Waals surface area (Å²) in [4.78, 5) is 16.0. The van der Waals surface area contributed by atoms with Crippen LogP contribution in [0.5, 0.6) is 0 Å².